The molecule has 2 atom stereocenters. The molecule has 0 amide bonds. The third kappa shape index (κ3) is 1.33. The van der Waals surface area contributed by atoms with E-state index in [2.05, 4.69) is 0 Å². The fourth-order valence-corrected chi connectivity index (χ4v) is 2.23. The van der Waals surface area contributed by atoms with Crippen LogP contribution in [0.15, 0.2) is 18.2 Å². The second-order valence-electron chi connectivity index (χ2n) is 4.04. The number of hydrogen-bond acceptors (Lipinski definition) is 2. The van der Waals surface area contributed by atoms with Crippen LogP contribution in [0.5, 0.6) is 0 Å². The normalized spacial score (nSPS) is 25.7. The summed E-state index contributed by atoms with van der Waals surface area (Å²) in [4.78, 5) is 0. The summed E-state index contributed by atoms with van der Waals surface area (Å²) in [7, 11) is 0. The van der Waals surface area contributed by atoms with Gasteiger partial charge < -0.3 is 5.11 Å². The Morgan fingerprint density at radius 2 is 2.33 bits per heavy atom. The minimum absolute atomic E-state index is 0.284. The molecule has 0 aliphatic heterocycles. The van der Waals surface area contributed by atoms with Crippen molar-refractivity contribution in [2.45, 2.75) is 25.4 Å². The molecule has 1 aromatic carbocycles. The molecule has 2 nitrogen and oxygen atoms in total. The van der Waals surface area contributed by atoms with E-state index in [1.54, 1.807) is 19.1 Å². The van der Waals surface area contributed by atoms with Crippen LogP contribution in [-0.4, -0.2) is 5.11 Å². The molecular formula is C12H12FNO. The van der Waals surface area contributed by atoms with E-state index in [4.69, 9.17) is 5.26 Å². The average molecular weight is 205 g/mol. The van der Waals surface area contributed by atoms with Crippen LogP contribution in [0.4, 0.5) is 4.39 Å². The Morgan fingerprint density at radius 3 is 3.00 bits per heavy atom. The van der Waals surface area contributed by atoms with Crippen LogP contribution < -0.4 is 0 Å². The first-order valence-electron chi connectivity index (χ1n) is 4.99. The minimum atomic E-state index is -1.17. The molecule has 2 rings (SSSR count). The monoisotopic (exact) mass is 205 g/mol. The molecule has 0 saturated heterocycles. The number of fused-ring (bicyclic) bond motifs is 1. The number of benzene rings is 1. The largest absolute Gasteiger partial charge is 0.384 e. The zero-order valence-corrected chi connectivity index (χ0v) is 8.50. The van der Waals surface area contributed by atoms with Gasteiger partial charge in [-0.15, -0.1) is 0 Å². The lowest BCUT2D eigenvalue weighted by Gasteiger charge is -2.26. The number of aliphatic hydroxyl groups is 1. The Balaban J connectivity index is 2.54. The maximum Gasteiger partial charge on any atom is 0.126 e. The minimum Gasteiger partial charge on any atom is -0.384 e. The number of hydrogen-bond donors (Lipinski definition) is 1. The molecule has 3 heteroatoms. The van der Waals surface area contributed by atoms with Crippen molar-refractivity contribution >= 4 is 0 Å². The van der Waals surface area contributed by atoms with Crippen molar-refractivity contribution in [3.8, 4) is 6.07 Å². The Labute approximate surface area is 88.0 Å². The Morgan fingerprint density at radius 1 is 1.60 bits per heavy atom. The summed E-state index contributed by atoms with van der Waals surface area (Å²) in [5.41, 5.74) is -0.0368. The fourth-order valence-electron chi connectivity index (χ4n) is 2.23. The van der Waals surface area contributed by atoms with Crippen LogP contribution in [0.3, 0.4) is 0 Å². The summed E-state index contributed by atoms with van der Waals surface area (Å²) in [5.74, 6) is -0.797. The smallest absolute Gasteiger partial charge is 0.126 e. The van der Waals surface area contributed by atoms with Gasteiger partial charge in [-0.25, -0.2) is 4.39 Å². The van der Waals surface area contributed by atoms with Crippen LogP contribution in [0.2, 0.25) is 0 Å². The van der Waals surface area contributed by atoms with Gasteiger partial charge in [0.1, 0.15) is 11.4 Å². The second-order valence-corrected chi connectivity index (χ2v) is 4.04. The summed E-state index contributed by atoms with van der Waals surface area (Å²) < 4.78 is 13.4. The molecular weight excluding hydrogens is 193 g/mol. The van der Waals surface area contributed by atoms with E-state index < -0.39 is 11.5 Å². The quantitative estimate of drug-likeness (QED) is 0.763. The molecule has 0 fully saturated rings. The van der Waals surface area contributed by atoms with E-state index in [1.807, 2.05) is 6.07 Å². The summed E-state index contributed by atoms with van der Waals surface area (Å²) in [6.45, 7) is 1.67. The van der Waals surface area contributed by atoms with Crippen molar-refractivity contribution in [1.82, 2.24) is 0 Å². The summed E-state index contributed by atoms with van der Waals surface area (Å²) >= 11 is 0. The number of halogens is 1. The SMILES string of the molecule is CC(C#N)C1(O)CCc2c(F)cccc21. The van der Waals surface area contributed by atoms with Gasteiger partial charge in [-0.1, -0.05) is 12.1 Å². The van der Waals surface area contributed by atoms with Crippen LogP contribution in [0, 0.1) is 23.1 Å². The Kier molecular flexibility index (Phi) is 2.24. The molecule has 0 bridgehead atoms. The summed E-state index contributed by atoms with van der Waals surface area (Å²) in [6, 6.07) is 6.71. The molecule has 0 saturated carbocycles. The van der Waals surface area contributed by atoms with Gasteiger partial charge in [0, 0.05) is 0 Å². The second kappa shape index (κ2) is 3.32. The highest BCUT2D eigenvalue weighted by Gasteiger charge is 2.42. The predicted octanol–water partition coefficient (Wildman–Crippen LogP) is 2.12. The molecule has 15 heavy (non-hydrogen) atoms. The highest BCUT2D eigenvalue weighted by molar-refractivity contribution is 5.39. The predicted molar refractivity (Wildman–Crippen MR) is 53.4 cm³/mol. The maximum absolute atomic E-state index is 13.4. The van der Waals surface area contributed by atoms with Gasteiger partial charge in [0.2, 0.25) is 0 Å². The zero-order chi connectivity index (χ0) is 11.1. The third-order valence-corrected chi connectivity index (χ3v) is 3.25. The van der Waals surface area contributed by atoms with E-state index in [0.29, 0.717) is 24.0 Å². The highest BCUT2D eigenvalue weighted by Crippen LogP contribution is 2.42. The standard InChI is InChI=1S/C12H12FNO/c1-8(7-14)12(15)6-5-9-10(12)3-2-4-11(9)13/h2-4,8,15H,5-6H2,1H3. The first-order chi connectivity index (χ1) is 7.09. The molecule has 1 aliphatic carbocycles. The number of rotatable bonds is 1. The summed E-state index contributed by atoms with van der Waals surface area (Å²) in [6.07, 6.45) is 0.933. The van der Waals surface area contributed by atoms with E-state index in [1.165, 1.54) is 6.07 Å². The van der Waals surface area contributed by atoms with Crippen LogP contribution in [0.1, 0.15) is 24.5 Å². The van der Waals surface area contributed by atoms with Crippen LogP contribution >= 0.6 is 0 Å². The van der Waals surface area contributed by atoms with Gasteiger partial charge >= 0.3 is 0 Å². The van der Waals surface area contributed by atoms with Gasteiger partial charge in [0.15, 0.2) is 0 Å². The van der Waals surface area contributed by atoms with Crippen LogP contribution in [0.25, 0.3) is 0 Å². The van der Waals surface area contributed by atoms with Crippen molar-refractivity contribution in [1.29, 1.82) is 5.26 Å². The molecule has 1 aliphatic rings. The Bertz CT molecular complexity index is 438. The van der Waals surface area contributed by atoms with E-state index in [9.17, 15) is 9.50 Å². The average Bonchev–Trinajstić information content (AvgIpc) is 2.59. The highest BCUT2D eigenvalue weighted by atomic mass is 19.1. The molecule has 0 heterocycles. The van der Waals surface area contributed by atoms with Crippen molar-refractivity contribution in [2.24, 2.45) is 5.92 Å². The summed E-state index contributed by atoms with van der Waals surface area (Å²) in [5, 5.41) is 19.2. The lowest BCUT2D eigenvalue weighted by atomic mass is 9.84. The van der Waals surface area contributed by atoms with E-state index in [-0.39, 0.29) is 5.82 Å². The molecule has 1 N–H and O–H groups in total. The number of nitrogens with zero attached hydrogens (tertiary/aromatic N) is 1. The topological polar surface area (TPSA) is 44.0 Å². The van der Waals surface area contributed by atoms with Gasteiger partial charge in [-0.05, 0) is 37.0 Å². The first-order valence-corrected chi connectivity index (χ1v) is 4.99. The van der Waals surface area contributed by atoms with E-state index >= 15 is 0 Å². The molecule has 0 radical (unpaired) electrons. The zero-order valence-electron chi connectivity index (χ0n) is 8.50. The molecule has 2 unspecified atom stereocenters. The fraction of sp³-hybridized carbons (Fsp3) is 0.417. The van der Waals surface area contributed by atoms with Crippen molar-refractivity contribution < 1.29 is 9.50 Å². The van der Waals surface area contributed by atoms with Gasteiger partial charge in [-0.3, -0.25) is 0 Å². The third-order valence-electron chi connectivity index (χ3n) is 3.25. The van der Waals surface area contributed by atoms with Crippen molar-refractivity contribution in [3.05, 3.63) is 35.1 Å². The van der Waals surface area contributed by atoms with Crippen molar-refractivity contribution in [3.63, 3.8) is 0 Å². The maximum atomic E-state index is 13.4. The van der Waals surface area contributed by atoms with Gasteiger partial charge in [-0.2, -0.15) is 5.26 Å². The molecule has 0 spiro atoms. The lowest BCUT2D eigenvalue weighted by Crippen LogP contribution is -2.29. The molecule has 1 aromatic rings. The van der Waals surface area contributed by atoms with Crippen LogP contribution in [-0.2, 0) is 12.0 Å². The van der Waals surface area contributed by atoms with E-state index in [0.717, 1.165) is 0 Å². The Hall–Kier alpha value is -1.40. The van der Waals surface area contributed by atoms with Crippen molar-refractivity contribution in [2.75, 3.05) is 0 Å². The van der Waals surface area contributed by atoms with Gasteiger partial charge in [0.25, 0.3) is 0 Å². The molecule has 78 valence electrons. The first kappa shape index (κ1) is 10.1. The number of nitriles is 1. The van der Waals surface area contributed by atoms with Gasteiger partial charge in [0.05, 0.1) is 12.0 Å². The molecule has 0 aromatic heterocycles. The lowest BCUT2D eigenvalue weighted by molar-refractivity contribution is 0.00546.